The molecule has 1 aromatic rings. The maximum atomic E-state index is 12.0. The second-order valence-corrected chi connectivity index (χ2v) is 6.53. The van der Waals surface area contributed by atoms with Crippen LogP contribution in [0, 0.1) is 0 Å². The fourth-order valence-corrected chi connectivity index (χ4v) is 3.03. The number of fused-ring (bicyclic) bond motifs is 1. The van der Waals surface area contributed by atoms with Crippen molar-refractivity contribution in [2.45, 2.75) is 12.6 Å². The highest BCUT2D eigenvalue weighted by atomic mass is 32.2. The summed E-state index contributed by atoms with van der Waals surface area (Å²) < 4.78 is 64.4. The van der Waals surface area contributed by atoms with Gasteiger partial charge >= 0.3 is 12.1 Å². The first-order valence-corrected chi connectivity index (χ1v) is 7.77. The summed E-state index contributed by atoms with van der Waals surface area (Å²) in [6, 6.07) is 4.01. The van der Waals surface area contributed by atoms with Crippen LogP contribution >= 0.6 is 0 Å². The number of alkyl halides is 3. The third kappa shape index (κ3) is 3.66. The molecular weight excluding hydrogens is 311 g/mol. The normalized spacial score (nSPS) is 15.0. The van der Waals surface area contributed by atoms with Gasteiger partial charge in [0.2, 0.25) is 10.0 Å². The van der Waals surface area contributed by atoms with Crippen LogP contribution in [0.1, 0.15) is 15.9 Å². The van der Waals surface area contributed by atoms with Crippen molar-refractivity contribution >= 4 is 21.7 Å². The molecule has 21 heavy (non-hydrogen) atoms. The van der Waals surface area contributed by atoms with E-state index in [0.29, 0.717) is 17.7 Å². The van der Waals surface area contributed by atoms with Gasteiger partial charge < -0.3 is 4.74 Å². The number of halogens is 3. The molecule has 116 valence electrons. The minimum atomic E-state index is -4.58. The summed E-state index contributed by atoms with van der Waals surface area (Å²) in [5, 5.41) is 0. The van der Waals surface area contributed by atoms with Crippen molar-refractivity contribution in [3.8, 4) is 0 Å². The topological polar surface area (TPSA) is 63.7 Å². The Labute approximate surface area is 119 Å². The quantitative estimate of drug-likeness (QED) is 0.795. The molecule has 5 nitrogen and oxygen atoms in total. The average Bonchev–Trinajstić information content (AvgIpc) is 2.77. The van der Waals surface area contributed by atoms with Gasteiger partial charge in [0.15, 0.2) is 6.61 Å². The van der Waals surface area contributed by atoms with Crippen molar-refractivity contribution in [1.82, 2.24) is 0 Å². The Morgan fingerprint density at radius 3 is 2.62 bits per heavy atom. The maximum Gasteiger partial charge on any atom is 0.422 e. The lowest BCUT2D eigenvalue weighted by molar-refractivity contribution is -0.161. The van der Waals surface area contributed by atoms with Crippen molar-refractivity contribution < 1.29 is 31.1 Å². The molecule has 0 unspecified atom stereocenters. The Morgan fingerprint density at radius 1 is 1.38 bits per heavy atom. The lowest BCUT2D eigenvalue weighted by Crippen LogP contribution is -2.27. The molecule has 0 saturated carbocycles. The molecule has 1 heterocycles. The van der Waals surface area contributed by atoms with E-state index in [4.69, 9.17) is 0 Å². The van der Waals surface area contributed by atoms with E-state index in [2.05, 4.69) is 4.74 Å². The number of carbonyl (C=O) groups excluding carboxylic acids is 1. The number of rotatable bonds is 3. The second kappa shape index (κ2) is 5.21. The van der Waals surface area contributed by atoms with Crippen molar-refractivity contribution in [3.63, 3.8) is 0 Å². The summed E-state index contributed by atoms with van der Waals surface area (Å²) in [6.45, 7) is -1.41. The Bertz CT molecular complexity index is 670. The molecule has 0 atom stereocenters. The molecule has 2 rings (SSSR count). The van der Waals surface area contributed by atoms with Gasteiger partial charge in [-0.25, -0.2) is 13.2 Å². The SMILES string of the molecule is CS(=O)(=O)N1CCc2cc(C(=O)OCC(F)(F)F)ccc21. The van der Waals surface area contributed by atoms with Gasteiger partial charge in [-0.1, -0.05) is 0 Å². The number of benzene rings is 1. The molecule has 0 aromatic heterocycles. The number of ether oxygens (including phenoxy) is 1. The lowest BCUT2D eigenvalue weighted by Gasteiger charge is -2.16. The fourth-order valence-electron chi connectivity index (χ4n) is 2.07. The van der Waals surface area contributed by atoms with Crippen molar-refractivity contribution in [2.75, 3.05) is 23.7 Å². The van der Waals surface area contributed by atoms with Crippen molar-refractivity contribution in [3.05, 3.63) is 29.3 Å². The van der Waals surface area contributed by atoms with Gasteiger partial charge in [0.1, 0.15) is 0 Å². The van der Waals surface area contributed by atoms with Crippen molar-refractivity contribution in [2.24, 2.45) is 0 Å². The molecule has 0 spiro atoms. The number of carbonyl (C=O) groups is 1. The highest BCUT2D eigenvalue weighted by Gasteiger charge is 2.31. The second-order valence-electron chi connectivity index (χ2n) is 4.62. The molecule has 0 amide bonds. The molecular formula is C12H12F3NO4S. The van der Waals surface area contributed by atoms with Gasteiger partial charge in [0.25, 0.3) is 0 Å². The van der Waals surface area contributed by atoms with E-state index >= 15 is 0 Å². The predicted molar refractivity (Wildman–Crippen MR) is 68.7 cm³/mol. The van der Waals surface area contributed by atoms with Crippen LogP contribution < -0.4 is 4.31 Å². The highest BCUT2D eigenvalue weighted by Crippen LogP contribution is 2.31. The van der Waals surface area contributed by atoms with Crippen LogP contribution in [0.3, 0.4) is 0 Å². The molecule has 1 aliphatic heterocycles. The minimum absolute atomic E-state index is 0.0339. The molecule has 0 radical (unpaired) electrons. The molecule has 9 heteroatoms. The molecule has 0 fully saturated rings. The van der Waals surface area contributed by atoms with Gasteiger partial charge in [-0.15, -0.1) is 0 Å². The van der Waals surface area contributed by atoms with Crippen LogP contribution in [0.15, 0.2) is 18.2 Å². The third-order valence-corrected chi connectivity index (χ3v) is 4.12. The lowest BCUT2D eigenvalue weighted by atomic mass is 10.1. The minimum Gasteiger partial charge on any atom is -0.452 e. The van der Waals surface area contributed by atoms with E-state index in [1.54, 1.807) is 0 Å². The van der Waals surface area contributed by atoms with E-state index < -0.39 is 28.8 Å². The first kappa shape index (κ1) is 15.6. The predicted octanol–water partition coefficient (Wildman–Crippen LogP) is 1.73. The van der Waals surface area contributed by atoms with Gasteiger partial charge in [-0.3, -0.25) is 4.31 Å². The van der Waals surface area contributed by atoms with Crippen molar-refractivity contribution in [1.29, 1.82) is 0 Å². The molecule has 1 aromatic carbocycles. The zero-order chi connectivity index (χ0) is 15.8. The van der Waals surface area contributed by atoms with Gasteiger partial charge in [-0.2, -0.15) is 13.2 Å². The summed E-state index contributed by atoms with van der Waals surface area (Å²) in [4.78, 5) is 11.5. The van der Waals surface area contributed by atoms with E-state index in [0.717, 1.165) is 6.26 Å². The molecule has 1 aliphatic rings. The van der Waals surface area contributed by atoms with Gasteiger partial charge in [-0.05, 0) is 30.2 Å². The first-order chi connectivity index (χ1) is 9.58. The number of esters is 1. The fraction of sp³-hybridized carbons (Fsp3) is 0.417. The summed E-state index contributed by atoms with van der Waals surface area (Å²) in [6.07, 6.45) is -3.13. The van der Waals surface area contributed by atoms with E-state index in [1.807, 2.05) is 0 Å². The van der Waals surface area contributed by atoms with Gasteiger partial charge in [0, 0.05) is 6.54 Å². The van der Waals surface area contributed by atoms with Gasteiger partial charge in [0.05, 0.1) is 17.5 Å². The third-order valence-electron chi connectivity index (χ3n) is 2.94. The number of anilines is 1. The molecule has 0 bridgehead atoms. The first-order valence-electron chi connectivity index (χ1n) is 5.92. The summed E-state index contributed by atoms with van der Waals surface area (Å²) in [5.41, 5.74) is 0.986. The van der Waals surface area contributed by atoms with Crippen LogP contribution in [0.4, 0.5) is 18.9 Å². The number of nitrogens with zero attached hydrogens (tertiary/aromatic N) is 1. The number of hydrogen-bond acceptors (Lipinski definition) is 4. The van der Waals surface area contributed by atoms with Crippen LogP contribution in [-0.4, -0.2) is 40.0 Å². The van der Waals surface area contributed by atoms with E-state index in [9.17, 15) is 26.4 Å². The smallest absolute Gasteiger partial charge is 0.422 e. The number of sulfonamides is 1. The largest absolute Gasteiger partial charge is 0.452 e. The number of hydrogen-bond donors (Lipinski definition) is 0. The summed E-state index contributed by atoms with van der Waals surface area (Å²) >= 11 is 0. The Balaban J connectivity index is 2.18. The van der Waals surface area contributed by atoms with Crippen LogP contribution in [0.2, 0.25) is 0 Å². The van der Waals surface area contributed by atoms with Crippen LogP contribution in [-0.2, 0) is 21.2 Å². The van der Waals surface area contributed by atoms with Crippen LogP contribution in [0.25, 0.3) is 0 Å². The maximum absolute atomic E-state index is 12.0. The Morgan fingerprint density at radius 2 is 2.05 bits per heavy atom. The molecule has 0 N–H and O–H groups in total. The summed E-state index contributed by atoms with van der Waals surface area (Å²) in [5.74, 6) is -1.09. The monoisotopic (exact) mass is 323 g/mol. The van der Waals surface area contributed by atoms with Crippen LogP contribution in [0.5, 0.6) is 0 Å². The highest BCUT2D eigenvalue weighted by molar-refractivity contribution is 7.92. The van der Waals surface area contributed by atoms with E-state index in [-0.39, 0.29) is 12.1 Å². The van der Waals surface area contributed by atoms with E-state index in [1.165, 1.54) is 22.5 Å². The zero-order valence-electron chi connectivity index (χ0n) is 11.0. The standard InChI is InChI=1S/C12H12F3NO4S/c1-21(18,19)16-5-4-8-6-9(2-3-10(8)16)11(17)20-7-12(13,14)15/h2-3,6H,4-5,7H2,1H3. The zero-order valence-corrected chi connectivity index (χ0v) is 11.8. The molecule has 0 saturated heterocycles. The Kier molecular flexibility index (Phi) is 3.87. The average molecular weight is 323 g/mol. The Hall–Kier alpha value is -1.77. The summed E-state index contributed by atoms with van der Waals surface area (Å²) in [7, 11) is -3.41. The molecule has 0 aliphatic carbocycles.